The Kier molecular flexibility index (Phi) is 5.59. The van der Waals surface area contributed by atoms with Gasteiger partial charge in [0.25, 0.3) is 0 Å². The highest BCUT2D eigenvalue weighted by molar-refractivity contribution is 9.10. The number of rotatable bonds is 6. The maximum Gasteiger partial charge on any atom is 0.129 e. The van der Waals surface area contributed by atoms with Crippen molar-refractivity contribution in [1.29, 1.82) is 0 Å². The second-order valence-electron chi connectivity index (χ2n) is 4.74. The van der Waals surface area contributed by atoms with E-state index < -0.39 is 0 Å². The Bertz CT molecular complexity index is 545. The summed E-state index contributed by atoms with van der Waals surface area (Å²) < 4.78 is 0.681. The lowest BCUT2D eigenvalue weighted by Gasteiger charge is -2.16. The molecule has 0 saturated carbocycles. The molecule has 0 aliphatic heterocycles. The van der Waals surface area contributed by atoms with Crippen LogP contribution < -0.4 is 5.32 Å². The van der Waals surface area contributed by atoms with Crippen LogP contribution in [0, 0.1) is 0 Å². The van der Waals surface area contributed by atoms with Gasteiger partial charge in [-0.15, -0.1) is 0 Å². The van der Waals surface area contributed by atoms with Gasteiger partial charge < -0.3 is 15.5 Å². The zero-order valence-corrected chi connectivity index (χ0v) is 12.7. The maximum atomic E-state index is 9.45. The first-order chi connectivity index (χ1) is 9.69. The quantitative estimate of drug-likeness (QED) is 0.760. The van der Waals surface area contributed by atoms with Crippen molar-refractivity contribution in [1.82, 2.24) is 5.32 Å². The number of aliphatic hydroxyl groups excluding tert-OH is 1. The summed E-state index contributed by atoms with van der Waals surface area (Å²) >= 11 is 3.30. The van der Waals surface area contributed by atoms with Crippen LogP contribution >= 0.6 is 15.9 Å². The molecule has 0 saturated heterocycles. The molecule has 0 heterocycles. The third-order valence-corrected chi connectivity index (χ3v) is 3.79. The number of hydrogen-bond donors (Lipinski definition) is 3. The van der Waals surface area contributed by atoms with E-state index in [0.717, 1.165) is 12.0 Å². The molecular weight excluding hydrogens is 318 g/mol. The van der Waals surface area contributed by atoms with Crippen molar-refractivity contribution >= 4 is 15.9 Å². The van der Waals surface area contributed by atoms with Crippen molar-refractivity contribution in [2.45, 2.75) is 19.0 Å². The minimum atomic E-state index is 0.0185. The van der Waals surface area contributed by atoms with Gasteiger partial charge in [0.1, 0.15) is 5.75 Å². The van der Waals surface area contributed by atoms with Gasteiger partial charge in [0.2, 0.25) is 0 Å². The minimum absolute atomic E-state index is 0.0185. The highest BCUT2D eigenvalue weighted by Gasteiger charge is 2.08. The molecule has 2 aromatic rings. The van der Waals surface area contributed by atoms with Crippen molar-refractivity contribution in [3.8, 4) is 5.75 Å². The molecule has 0 fully saturated rings. The Morgan fingerprint density at radius 2 is 1.80 bits per heavy atom. The molecule has 0 bridgehead atoms. The predicted octanol–water partition coefficient (Wildman–Crippen LogP) is 2.85. The fourth-order valence-electron chi connectivity index (χ4n) is 2.02. The van der Waals surface area contributed by atoms with Gasteiger partial charge in [-0.2, -0.15) is 0 Å². The molecule has 0 aliphatic carbocycles. The molecule has 4 heteroatoms. The van der Waals surface area contributed by atoms with Crippen LogP contribution in [-0.4, -0.2) is 22.9 Å². The molecule has 0 radical (unpaired) electrons. The Labute approximate surface area is 127 Å². The largest absolute Gasteiger partial charge is 0.507 e. The van der Waals surface area contributed by atoms with Crippen molar-refractivity contribution in [3.63, 3.8) is 0 Å². The smallest absolute Gasteiger partial charge is 0.129 e. The molecule has 0 amide bonds. The zero-order valence-electron chi connectivity index (χ0n) is 11.1. The summed E-state index contributed by atoms with van der Waals surface area (Å²) in [5.74, 6) is 0.233. The summed E-state index contributed by atoms with van der Waals surface area (Å²) in [6.45, 7) is 0.741. The van der Waals surface area contributed by atoms with Crippen LogP contribution in [0.3, 0.4) is 0 Å². The van der Waals surface area contributed by atoms with Crippen LogP contribution in [-0.2, 0) is 13.0 Å². The first-order valence-corrected chi connectivity index (χ1v) is 7.34. The lowest BCUT2D eigenvalue weighted by atomic mass is 10.1. The van der Waals surface area contributed by atoms with Crippen LogP contribution in [0.2, 0.25) is 0 Å². The first kappa shape index (κ1) is 15.0. The number of aromatic hydroxyl groups is 1. The Hall–Kier alpha value is -1.36. The summed E-state index contributed by atoms with van der Waals surface area (Å²) in [6.07, 6.45) is 0.788. The average molecular weight is 336 g/mol. The molecule has 106 valence electrons. The van der Waals surface area contributed by atoms with Gasteiger partial charge in [0, 0.05) is 12.6 Å². The highest BCUT2D eigenvalue weighted by Crippen LogP contribution is 2.24. The topological polar surface area (TPSA) is 52.5 Å². The fourth-order valence-corrected chi connectivity index (χ4v) is 2.45. The van der Waals surface area contributed by atoms with Crippen LogP contribution in [0.5, 0.6) is 5.75 Å². The molecule has 20 heavy (non-hydrogen) atoms. The number of nitrogens with one attached hydrogen (secondary N) is 1. The van der Waals surface area contributed by atoms with E-state index in [0.29, 0.717) is 11.0 Å². The molecule has 3 N–H and O–H groups in total. The van der Waals surface area contributed by atoms with Gasteiger partial charge in [-0.05, 0) is 45.6 Å². The van der Waals surface area contributed by atoms with Crippen molar-refractivity contribution in [2.75, 3.05) is 6.61 Å². The third-order valence-electron chi connectivity index (χ3n) is 3.15. The first-order valence-electron chi connectivity index (χ1n) is 6.54. The number of phenols is 1. The van der Waals surface area contributed by atoms with E-state index in [1.54, 1.807) is 6.07 Å². The van der Waals surface area contributed by atoms with E-state index in [9.17, 15) is 10.2 Å². The van der Waals surface area contributed by atoms with E-state index in [1.165, 1.54) is 5.56 Å². The van der Waals surface area contributed by atoms with Crippen LogP contribution in [0.25, 0.3) is 0 Å². The van der Waals surface area contributed by atoms with E-state index in [4.69, 9.17) is 0 Å². The molecule has 0 aliphatic rings. The van der Waals surface area contributed by atoms with Crippen LogP contribution in [0.1, 0.15) is 11.1 Å². The van der Waals surface area contributed by atoms with E-state index in [-0.39, 0.29) is 18.4 Å². The van der Waals surface area contributed by atoms with Crippen molar-refractivity contribution in [2.24, 2.45) is 0 Å². The van der Waals surface area contributed by atoms with Gasteiger partial charge >= 0.3 is 0 Å². The number of hydrogen-bond acceptors (Lipinski definition) is 3. The summed E-state index contributed by atoms with van der Waals surface area (Å²) in [6, 6.07) is 15.5. The van der Waals surface area contributed by atoms with Crippen molar-refractivity contribution in [3.05, 3.63) is 64.1 Å². The highest BCUT2D eigenvalue weighted by atomic mass is 79.9. The minimum Gasteiger partial charge on any atom is -0.507 e. The molecule has 0 spiro atoms. The lowest BCUT2D eigenvalue weighted by Crippen LogP contribution is -2.34. The van der Waals surface area contributed by atoms with Gasteiger partial charge in [0.15, 0.2) is 0 Å². The van der Waals surface area contributed by atoms with Crippen LogP contribution in [0.15, 0.2) is 53.0 Å². The lowest BCUT2D eigenvalue weighted by molar-refractivity contribution is 0.241. The average Bonchev–Trinajstić information content (AvgIpc) is 2.48. The molecule has 1 atom stereocenters. The van der Waals surface area contributed by atoms with Crippen LogP contribution in [0.4, 0.5) is 0 Å². The second kappa shape index (κ2) is 7.43. The Morgan fingerprint density at radius 1 is 1.05 bits per heavy atom. The zero-order chi connectivity index (χ0) is 14.4. The number of phenolic OH excluding ortho intramolecular Hbond substituents is 1. The summed E-state index contributed by atoms with van der Waals surface area (Å²) in [5.41, 5.74) is 2.26. The van der Waals surface area contributed by atoms with Gasteiger partial charge in [-0.1, -0.05) is 36.4 Å². The molecule has 0 unspecified atom stereocenters. The number of benzene rings is 2. The predicted molar refractivity (Wildman–Crippen MR) is 83.7 cm³/mol. The maximum absolute atomic E-state index is 9.45. The summed E-state index contributed by atoms with van der Waals surface area (Å²) in [7, 11) is 0. The normalized spacial score (nSPS) is 12.3. The Morgan fingerprint density at radius 3 is 2.45 bits per heavy atom. The standard InChI is InChI=1S/C16H18BrNO2/c17-15-9-13(6-7-16(15)20)10-18-14(11-19)8-12-4-2-1-3-5-12/h1-7,9,14,18-20H,8,10-11H2/t14-/m0/s1. The van der Waals surface area contributed by atoms with Crippen molar-refractivity contribution < 1.29 is 10.2 Å². The third kappa shape index (κ3) is 4.34. The fraction of sp³-hybridized carbons (Fsp3) is 0.250. The summed E-state index contributed by atoms with van der Waals surface area (Å²) in [4.78, 5) is 0. The van der Waals surface area contributed by atoms with E-state index in [2.05, 4.69) is 33.4 Å². The number of halogens is 1. The Balaban J connectivity index is 1.92. The molecule has 0 aromatic heterocycles. The number of aliphatic hydroxyl groups is 1. The molecule has 2 aromatic carbocycles. The molecule has 3 nitrogen and oxygen atoms in total. The molecule has 2 rings (SSSR count). The van der Waals surface area contributed by atoms with Gasteiger partial charge in [-0.25, -0.2) is 0 Å². The molecular formula is C16H18BrNO2. The second-order valence-corrected chi connectivity index (χ2v) is 5.59. The van der Waals surface area contributed by atoms with E-state index >= 15 is 0 Å². The van der Waals surface area contributed by atoms with Gasteiger partial charge in [-0.3, -0.25) is 0 Å². The monoisotopic (exact) mass is 335 g/mol. The summed E-state index contributed by atoms with van der Waals surface area (Å²) in [5, 5.41) is 22.2. The van der Waals surface area contributed by atoms with E-state index in [1.807, 2.05) is 30.3 Å². The SMILES string of the molecule is OC[C@H](Cc1ccccc1)NCc1ccc(O)c(Br)c1. The van der Waals surface area contributed by atoms with Gasteiger partial charge in [0.05, 0.1) is 11.1 Å².